The average Bonchev–Trinajstić information content (AvgIpc) is 3.18. The fourth-order valence-corrected chi connectivity index (χ4v) is 4.94. The fourth-order valence-electron chi connectivity index (χ4n) is 4.94. The summed E-state index contributed by atoms with van der Waals surface area (Å²) in [5, 5.41) is 3.21. The summed E-state index contributed by atoms with van der Waals surface area (Å²) < 4.78 is 0. The predicted octanol–water partition coefficient (Wildman–Crippen LogP) is 2.82. The molecule has 0 atom stereocenters. The van der Waals surface area contributed by atoms with Crippen LogP contribution in [0, 0.1) is 5.92 Å². The van der Waals surface area contributed by atoms with Crippen molar-refractivity contribution in [3.05, 3.63) is 35.4 Å². The van der Waals surface area contributed by atoms with Crippen molar-refractivity contribution in [3.8, 4) is 0 Å². The molecule has 158 valence electrons. The molecule has 1 aromatic rings. The lowest BCUT2D eigenvalue weighted by molar-refractivity contribution is -0.138. The van der Waals surface area contributed by atoms with Crippen molar-refractivity contribution in [2.24, 2.45) is 5.92 Å². The van der Waals surface area contributed by atoms with Gasteiger partial charge in [-0.25, -0.2) is 4.79 Å². The molecule has 1 aliphatic carbocycles. The maximum atomic E-state index is 12.9. The van der Waals surface area contributed by atoms with Crippen LogP contribution in [0.4, 0.5) is 4.79 Å². The van der Waals surface area contributed by atoms with E-state index in [-0.39, 0.29) is 18.0 Å². The molecule has 2 fully saturated rings. The third kappa shape index (κ3) is 4.58. The molecule has 4 rings (SSSR count). The Morgan fingerprint density at radius 2 is 1.48 bits per heavy atom. The second-order valence-corrected chi connectivity index (χ2v) is 9.08. The second kappa shape index (κ2) is 8.74. The van der Waals surface area contributed by atoms with Crippen LogP contribution in [-0.4, -0.2) is 64.9 Å². The molecular weight excluding hydrogens is 364 g/mol. The molecule has 2 aliphatic heterocycles. The van der Waals surface area contributed by atoms with E-state index in [1.54, 1.807) is 0 Å². The van der Waals surface area contributed by atoms with E-state index in [4.69, 9.17) is 0 Å². The lowest BCUT2D eigenvalue weighted by atomic mass is 9.85. The number of nitrogens with zero attached hydrogens (tertiary/aromatic N) is 3. The number of hydrogen-bond acceptors (Lipinski definition) is 3. The number of carbonyl (C=O) groups excluding carboxylic acids is 2. The van der Waals surface area contributed by atoms with Gasteiger partial charge in [0.05, 0.1) is 0 Å². The Kier molecular flexibility index (Phi) is 6.09. The van der Waals surface area contributed by atoms with E-state index in [0.717, 1.165) is 51.9 Å². The van der Waals surface area contributed by atoms with Gasteiger partial charge in [0.15, 0.2) is 0 Å². The number of fused-ring (bicyclic) bond motifs is 1. The summed E-state index contributed by atoms with van der Waals surface area (Å²) in [6, 6.07) is 9.02. The molecule has 0 aromatic heterocycles. The van der Waals surface area contributed by atoms with E-state index in [1.165, 1.54) is 11.1 Å². The van der Waals surface area contributed by atoms with Crippen molar-refractivity contribution in [2.75, 3.05) is 26.2 Å². The van der Waals surface area contributed by atoms with E-state index < -0.39 is 0 Å². The summed E-state index contributed by atoms with van der Waals surface area (Å²) in [5.41, 5.74) is 2.49. The molecule has 0 bridgehead atoms. The number of piperazine rings is 1. The molecular formula is C23H34N4O2. The Labute approximate surface area is 174 Å². The van der Waals surface area contributed by atoms with Gasteiger partial charge in [-0.3, -0.25) is 9.69 Å². The molecule has 1 N–H and O–H groups in total. The molecule has 29 heavy (non-hydrogen) atoms. The van der Waals surface area contributed by atoms with Crippen LogP contribution in [0.25, 0.3) is 0 Å². The zero-order valence-corrected chi connectivity index (χ0v) is 17.8. The molecule has 3 amide bonds. The highest BCUT2D eigenvalue weighted by Gasteiger charge is 2.33. The van der Waals surface area contributed by atoms with Crippen LogP contribution in [-0.2, 0) is 17.9 Å². The zero-order chi connectivity index (χ0) is 20.4. The van der Waals surface area contributed by atoms with E-state index in [2.05, 4.69) is 41.1 Å². The number of urea groups is 1. The van der Waals surface area contributed by atoms with Gasteiger partial charge in [-0.05, 0) is 50.7 Å². The monoisotopic (exact) mass is 398 g/mol. The van der Waals surface area contributed by atoms with Crippen molar-refractivity contribution >= 4 is 11.9 Å². The Hall–Kier alpha value is -2.08. The number of carbonyl (C=O) groups is 2. The number of nitrogens with one attached hydrogen (secondary N) is 1. The third-order valence-corrected chi connectivity index (χ3v) is 6.89. The summed E-state index contributed by atoms with van der Waals surface area (Å²) in [6.45, 7) is 9.48. The number of benzene rings is 1. The summed E-state index contributed by atoms with van der Waals surface area (Å²) in [6.07, 6.45) is 3.56. The highest BCUT2D eigenvalue weighted by atomic mass is 16.2. The lowest BCUT2D eigenvalue weighted by Gasteiger charge is -2.39. The first-order valence-corrected chi connectivity index (χ1v) is 11.2. The first-order chi connectivity index (χ1) is 14.0. The molecule has 6 heteroatoms. The van der Waals surface area contributed by atoms with Gasteiger partial charge in [0.1, 0.15) is 0 Å². The Balaban J connectivity index is 1.21. The molecule has 0 spiro atoms. The Bertz CT molecular complexity index is 709. The first-order valence-electron chi connectivity index (χ1n) is 11.2. The summed E-state index contributed by atoms with van der Waals surface area (Å²) in [4.78, 5) is 32.0. The number of rotatable bonds is 3. The van der Waals surface area contributed by atoms with Gasteiger partial charge in [0, 0.05) is 57.3 Å². The third-order valence-electron chi connectivity index (χ3n) is 6.89. The molecule has 3 aliphatic rings. The average molecular weight is 399 g/mol. The van der Waals surface area contributed by atoms with Crippen LogP contribution >= 0.6 is 0 Å². The first kappa shape index (κ1) is 20.2. The van der Waals surface area contributed by atoms with Gasteiger partial charge in [-0.1, -0.05) is 24.3 Å². The molecule has 1 saturated heterocycles. The van der Waals surface area contributed by atoms with Crippen LogP contribution in [0.3, 0.4) is 0 Å². The van der Waals surface area contributed by atoms with Crippen LogP contribution < -0.4 is 5.32 Å². The lowest BCUT2D eigenvalue weighted by Crippen LogP contribution is -2.52. The maximum absolute atomic E-state index is 12.9. The predicted molar refractivity (Wildman–Crippen MR) is 113 cm³/mol. The number of hydrogen-bond donors (Lipinski definition) is 1. The normalized spacial score (nSPS) is 25.2. The van der Waals surface area contributed by atoms with Crippen LogP contribution in [0.2, 0.25) is 0 Å². The second-order valence-electron chi connectivity index (χ2n) is 9.08. The Morgan fingerprint density at radius 1 is 0.897 bits per heavy atom. The summed E-state index contributed by atoms with van der Waals surface area (Å²) in [7, 11) is 0. The summed E-state index contributed by atoms with van der Waals surface area (Å²) in [5.74, 6) is 0.456. The molecule has 2 heterocycles. The van der Waals surface area contributed by atoms with Gasteiger partial charge in [0.25, 0.3) is 0 Å². The molecule has 1 saturated carbocycles. The molecule has 0 radical (unpaired) electrons. The SMILES string of the molecule is CC(C)N1CCN(C(=O)[C@H]2CC[C@H](NC(=O)N3Cc4ccccc4C3)CC2)CC1. The quantitative estimate of drug-likeness (QED) is 0.852. The van der Waals surface area contributed by atoms with Crippen molar-refractivity contribution in [2.45, 2.75) is 64.7 Å². The summed E-state index contributed by atoms with van der Waals surface area (Å²) >= 11 is 0. The topological polar surface area (TPSA) is 55.9 Å². The minimum atomic E-state index is 0.0285. The van der Waals surface area contributed by atoms with Crippen molar-refractivity contribution in [1.82, 2.24) is 20.0 Å². The molecule has 6 nitrogen and oxygen atoms in total. The fraction of sp³-hybridized carbons (Fsp3) is 0.652. The van der Waals surface area contributed by atoms with Crippen LogP contribution in [0.5, 0.6) is 0 Å². The highest BCUT2D eigenvalue weighted by Crippen LogP contribution is 2.28. The van der Waals surface area contributed by atoms with Crippen molar-refractivity contribution in [1.29, 1.82) is 0 Å². The minimum absolute atomic E-state index is 0.0285. The van der Waals surface area contributed by atoms with E-state index >= 15 is 0 Å². The smallest absolute Gasteiger partial charge is 0.318 e. The van der Waals surface area contributed by atoms with E-state index in [1.807, 2.05) is 17.0 Å². The van der Waals surface area contributed by atoms with Crippen molar-refractivity contribution < 1.29 is 9.59 Å². The Morgan fingerprint density at radius 3 is 2.03 bits per heavy atom. The molecule has 1 aromatic carbocycles. The van der Waals surface area contributed by atoms with Gasteiger partial charge >= 0.3 is 6.03 Å². The van der Waals surface area contributed by atoms with Crippen LogP contribution in [0.15, 0.2) is 24.3 Å². The van der Waals surface area contributed by atoms with E-state index in [0.29, 0.717) is 25.0 Å². The van der Waals surface area contributed by atoms with Gasteiger partial charge < -0.3 is 15.1 Å². The number of amides is 3. The largest absolute Gasteiger partial charge is 0.340 e. The highest BCUT2D eigenvalue weighted by molar-refractivity contribution is 5.79. The van der Waals surface area contributed by atoms with Gasteiger partial charge in [0.2, 0.25) is 5.91 Å². The maximum Gasteiger partial charge on any atom is 0.318 e. The standard InChI is InChI=1S/C23H34N4O2/c1-17(2)25-11-13-26(14-12-25)22(28)18-7-9-21(10-8-18)24-23(29)27-15-19-5-3-4-6-20(19)16-27/h3-6,17-18,21H,7-16H2,1-2H3,(H,24,29)/t18-,21-. The molecule has 0 unspecified atom stereocenters. The van der Waals surface area contributed by atoms with Gasteiger partial charge in [-0.15, -0.1) is 0 Å². The van der Waals surface area contributed by atoms with Gasteiger partial charge in [-0.2, -0.15) is 0 Å². The van der Waals surface area contributed by atoms with Crippen molar-refractivity contribution in [3.63, 3.8) is 0 Å². The minimum Gasteiger partial charge on any atom is -0.340 e. The van der Waals surface area contributed by atoms with E-state index in [9.17, 15) is 9.59 Å². The zero-order valence-electron chi connectivity index (χ0n) is 17.8. The van der Waals surface area contributed by atoms with Crippen LogP contribution in [0.1, 0.15) is 50.7 Å².